The van der Waals surface area contributed by atoms with Gasteiger partial charge in [0.1, 0.15) is 5.60 Å². The maximum Gasteiger partial charge on any atom is 0.165 e. The van der Waals surface area contributed by atoms with Crippen molar-refractivity contribution >= 4 is 0 Å². The van der Waals surface area contributed by atoms with E-state index < -0.39 is 0 Å². The number of nitrogens with one attached hydrogen (secondary N) is 1. The molecule has 1 atom stereocenters. The van der Waals surface area contributed by atoms with E-state index in [2.05, 4.69) is 5.32 Å². The van der Waals surface area contributed by atoms with Crippen molar-refractivity contribution in [3.63, 3.8) is 0 Å². The summed E-state index contributed by atoms with van der Waals surface area (Å²) in [6, 6.07) is 5.33. The molecule has 1 aromatic carbocycles. The van der Waals surface area contributed by atoms with E-state index in [0.29, 0.717) is 5.75 Å². The van der Waals surface area contributed by atoms with E-state index in [1.165, 1.54) is 0 Å². The zero-order valence-electron chi connectivity index (χ0n) is 12.0. The maximum atomic E-state index is 14.0. The number of halogens is 1. The topological polar surface area (TPSA) is 21.3 Å². The second-order valence-electron chi connectivity index (χ2n) is 5.18. The summed E-state index contributed by atoms with van der Waals surface area (Å²) in [6.45, 7) is 10.9. The Bertz CT molecular complexity index is 390. The molecule has 0 aliphatic carbocycles. The SMILES string of the molecule is CCNC(C)c1ccc(OC(C)(C)CC)c(F)c1. The summed E-state index contributed by atoms with van der Waals surface area (Å²) in [7, 11) is 0. The van der Waals surface area contributed by atoms with Gasteiger partial charge in [0.05, 0.1) is 0 Å². The van der Waals surface area contributed by atoms with Crippen molar-refractivity contribution in [1.82, 2.24) is 5.32 Å². The summed E-state index contributed by atoms with van der Waals surface area (Å²) in [5, 5.41) is 3.26. The van der Waals surface area contributed by atoms with Crippen LogP contribution in [0.1, 0.15) is 52.6 Å². The van der Waals surface area contributed by atoms with Gasteiger partial charge in [-0.1, -0.05) is 19.9 Å². The number of benzene rings is 1. The third kappa shape index (κ3) is 3.98. The van der Waals surface area contributed by atoms with Gasteiger partial charge in [-0.2, -0.15) is 0 Å². The van der Waals surface area contributed by atoms with Gasteiger partial charge in [0, 0.05) is 6.04 Å². The summed E-state index contributed by atoms with van der Waals surface area (Å²) < 4.78 is 19.6. The molecule has 1 aromatic rings. The zero-order chi connectivity index (χ0) is 13.8. The van der Waals surface area contributed by atoms with Gasteiger partial charge in [-0.3, -0.25) is 0 Å². The molecule has 0 fully saturated rings. The Morgan fingerprint density at radius 2 is 2.00 bits per heavy atom. The van der Waals surface area contributed by atoms with E-state index in [9.17, 15) is 4.39 Å². The lowest BCUT2D eigenvalue weighted by molar-refractivity contribution is 0.0994. The van der Waals surface area contributed by atoms with Crippen LogP contribution in [0.5, 0.6) is 5.75 Å². The van der Waals surface area contributed by atoms with Crippen molar-refractivity contribution in [3.05, 3.63) is 29.6 Å². The fourth-order valence-electron chi connectivity index (χ4n) is 1.66. The molecule has 0 heterocycles. The Morgan fingerprint density at radius 3 is 2.50 bits per heavy atom. The standard InChI is InChI=1S/C15H24FNO/c1-6-15(4,5)18-14-9-8-12(10-13(14)16)11(3)17-7-2/h8-11,17H,6-7H2,1-5H3. The molecule has 0 amide bonds. The van der Waals surface area contributed by atoms with Crippen molar-refractivity contribution in [2.45, 2.75) is 52.7 Å². The second-order valence-corrected chi connectivity index (χ2v) is 5.18. The highest BCUT2D eigenvalue weighted by atomic mass is 19.1. The van der Waals surface area contributed by atoms with Crippen molar-refractivity contribution in [3.8, 4) is 5.75 Å². The first-order valence-corrected chi connectivity index (χ1v) is 6.61. The van der Waals surface area contributed by atoms with Gasteiger partial charge in [-0.25, -0.2) is 4.39 Å². The van der Waals surface area contributed by atoms with Gasteiger partial charge in [0.15, 0.2) is 11.6 Å². The molecular weight excluding hydrogens is 229 g/mol. The number of hydrogen-bond acceptors (Lipinski definition) is 2. The summed E-state index contributed by atoms with van der Waals surface area (Å²) in [4.78, 5) is 0. The Hall–Kier alpha value is -1.09. The van der Waals surface area contributed by atoms with E-state index in [1.54, 1.807) is 12.1 Å². The number of ether oxygens (including phenoxy) is 1. The Morgan fingerprint density at radius 1 is 1.33 bits per heavy atom. The minimum Gasteiger partial charge on any atom is -0.485 e. The normalized spacial score (nSPS) is 13.4. The summed E-state index contributed by atoms with van der Waals surface area (Å²) in [6.07, 6.45) is 0.835. The van der Waals surface area contributed by atoms with Crippen LogP contribution in [0.3, 0.4) is 0 Å². The Labute approximate surface area is 110 Å². The monoisotopic (exact) mass is 253 g/mol. The molecule has 1 N–H and O–H groups in total. The largest absolute Gasteiger partial charge is 0.485 e. The molecule has 1 rings (SSSR count). The first kappa shape index (κ1) is 15.0. The van der Waals surface area contributed by atoms with E-state index in [-0.39, 0.29) is 17.5 Å². The highest BCUT2D eigenvalue weighted by Crippen LogP contribution is 2.26. The van der Waals surface area contributed by atoms with Crippen molar-refractivity contribution < 1.29 is 9.13 Å². The smallest absolute Gasteiger partial charge is 0.165 e. The van der Waals surface area contributed by atoms with Crippen molar-refractivity contribution in [2.75, 3.05) is 6.54 Å². The minimum absolute atomic E-state index is 0.151. The average Bonchev–Trinajstić information content (AvgIpc) is 2.32. The van der Waals surface area contributed by atoms with Gasteiger partial charge < -0.3 is 10.1 Å². The van der Waals surface area contributed by atoms with Crippen LogP contribution >= 0.6 is 0 Å². The number of hydrogen-bond donors (Lipinski definition) is 1. The van der Waals surface area contributed by atoms with Gasteiger partial charge in [-0.15, -0.1) is 0 Å². The molecule has 2 nitrogen and oxygen atoms in total. The van der Waals surface area contributed by atoms with Crippen LogP contribution < -0.4 is 10.1 Å². The fourth-order valence-corrected chi connectivity index (χ4v) is 1.66. The summed E-state index contributed by atoms with van der Waals surface area (Å²) in [5.74, 6) is 0.0353. The molecule has 0 radical (unpaired) electrons. The quantitative estimate of drug-likeness (QED) is 0.825. The van der Waals surface area contributed by atoms with Gasteiger partial charge in [-0.05, 0) is 51.4 Å². The molecule has 0 saturated heterocycles. The molecule has 102 valence electrons. The molecule has 0 spiro atoms. The first-order valence-electron chi connectivity index (χ1n) is 6.61. The Balaban J connectivity index is 2.86. The van der Waals surface area contributed by atoms with E-state index in [1.807, 2.05) is 40.7 Å². The predicted molar refractivity (Wildman–Crippen MR) is 73.5 cm³/mol. The van der Waals surface area contributed by atoms with Crippen LogP contribution in [0, 0.1) is 5.82 Å². The third-order valence-electron chi connectivity index (χ3n) is 3.20. The highest BCUT2D eigenvalue weighted by molar-refractivity contribution is 5.31. The molecule has 0 bridgehead atoms. The van der Waals surface area contributed by atoms with Gasteiger partial charge >= 0.3 is 0 Å². The van der Waals surface area contributed by atoms with Crippen LogP contribution in [0.4, 0.5) is 4.39 Å². The van der Waals surface area contributed by atoms with Crippen molar-refractivity contribution in [1.29, 1.82) is 0 Å². The second kappa shape index (κ2) is 6.19. The minimum atomic E-state index is -0.338. The van der Waals surface area contributed by atoms with Gasteiger partial charge in [0.25, 0.3) is 0 Å². The lowest BCUT2D eigenvalue weighted by Gasteiger charge is -2.25. The average molecular weight is 253 g/mol. The van der Waals surface area contributed by atoms with Crippen LogP contribution in [0.2, 0.25) is 0 Å². The highest BCUT2D eigenvalue weighted by Gasteiger charge is 2.19. The van der Waals surface area contributed by atoms with E-state index >= 15 is 0 Å². The summed E-state index contributed by atoms with van der Waals surface area (Å²) >= 11 is 0. The Kier molecular flexibility index (Phi) is 5.15. The molecule has 3 heteroatoms. The molecule has 18 heavy (non-hydrogen) atoms. The van der Waals surface area contributed by atoms with Crippen LogP contribution in [-0.4, -0.2) is 12.1 Å². The third-order valence-corrected chi connectivity index (χ3v) is 3.20. The van der Waals surface area contributed by atoms with E-state index in [0.717, 1.165) is 18.5 Å². The van der Waals surface area contributed by atoms with Crippen LogP contribution in [-0.2, 0) is 0 Å². The molecule has 0 aromatic heterocycles. The fraction of sp³-hybridized carbons (Fsp3) is 0.600. The van der Waals surface area contributed by atoms with Crippen molar-refractivity contribution in [2.24, 2.45) is 0 Å². The predicted octanol–water partition coefficient (Wildman–Crippen LogP) is 4.06. The molecule has 0 aliphatic heterocycles. The number of rotatable bonds is 6. The first-order chi connectivity index (χ1) is 8.39. The summed E-state index contributed by atoms with van der Waals surface area (Å²) in [5.41, 5.74) is 0.603. The lowest BCUT2D eigenvalue weighted by atomic mass is 10.1. The molecular formula is C15H24FNO. The van der Waals surface area contributed by atoms with Gasteiger partial charge in [0.2, 0.25) is 0 Å². The van der Waals surface area contributed by atoms with E-state index in [4.69, 9.17) is 4.74 Å². The molecule has 0 aliphatic rings. The lowest BCUT2D eigenvalue weighted by Crippen LogP contribution is -2.27. The van der Waals surface area contributed by atoms with Crippen LogP contribution in [0.15, 0.2) is 18.2 Å². The molecule has 0 saturated carbocycles. The van der Waals surface area contributed by atoms with Crippen LogP contribution in [0.25, 0.3) is 0 Å². The maximum absolute atomic E-state index is 14.0. The zero-order valence-corrected chi connectivity index (χ0v) is 12.0. The molecule has 1 unspecified atom stereocenters.